The highest BCUT2D eigenvalue weighted by atomic mass is 32.1. The minimum Gasteiger partial charge on any atom is -0.464 e. The standard InChI is InChI=1S/C29H22F2N6O3S/c1-3-37-13-18(14(2)36-37)20-11-16(15-7-4-5-8-19(15)33-20)28(39)35-24-23-17(22-9-6-10-40-22)12-21(26(30)31)34-29(23)41-25(24)27(32)38/h4-13,26H,3H2,1-2H3,(H2,32,38)(H,35,39). The second-order valence-electron chi connectivity index (χ2n) is 9.23. The molecule has 2 amide bonds. The van der Waals surface area contributed by atoms with Crippen LogP contribution >= 0.6 is 11.3 Å². The minimum absolute atomic E-state index is 0.0290. The Bertz CT molecular complexity index is 1960. The number of nitrogens with two attached hydrogens (primary N) is 1. The topological polar surface area (TPSA) is 129 Å². The molecule has 0 saturated heterocycles. The van der Waals surface area contributed by atoms with E-state index in [0.717, 1.165) is 22.6 Å². The summed E-state index contributed by atoms with van der Waals surface area (Å²) < 4.78 is 34.8. The van der Waals surface area contributed by atoms with Crippen LogP contribution in [0.3, 0.4) is 0 Å². The van der Waals surface area contributed by atoms with Crippen LogP contribution in [0.2, 0.25) is 0 Å². The van der Waals surface area contributed by atoms with Crippen molar-refractivity contribution in [3.63, 3.8) is 0 Å². The van der Waals surface area contributed by atoms with Gasteiger partial charge in [0.25, 0.3) is 18.2 Å². The number of hydrogen-bond donors (Lipinski definition) is 2. The van der Waals surface area contributed by atoms with Crippen molar-refractivity contribution in [2.45, 2.75) is 26.8 Å². The fraction of sp³-hybridized carbons (Fsp3) is 0.138. The van der Waals surface area contributed by atoms with E-state index < -0.39 is 23.9 Å². The van der Waals surface area contributed by atoms with Crippen LogP contribution in [0.25, 0.3) is 43.7 Å². The Labute approximate surface area is 235 Å². The van der Waals surface area contributed by atoms with Crippen molar-refractivity contribution in [3.8, 4) is 22.6 Å². The lowest BCUT2D eigenvalue weighted by Crippen LogP contribution is -2.17. The third kappa shape index (κ3) is 4.61. The molecule has 0 aliphatic rings. The molecule has 6 rings (SSSR count). The number of furan rings is 1. The normalized spacial score (nSPS) is 11.5. The number of pyridine rings is 2. The SMILES string of the molecule is CCn1cc(-c2cc(C(=O)Nc3c(C(N)=O)sc4nc(C(F)F)cc(-c5ccco5)c34)c3ccccc3n2)c(C)n1. The monoisotopic (exact) mass is 572 g/mol. The number of aryl methyl sites for hydroxylation is 2. The van der Waals surface area contributed by atoms with Crippen LogP contribution in [0, 0.1) is 6.92 Å². The van der Waals surface area contributed by atoms with E-state index in [1.807, 2.05) is 26.1 Å². The first-order valence-corrected chi connectivity index (χ1v) is 13.4. The Morgan fingerprint density at radius 3 is 2.61 bits per heavy atom. The van der Waals surface area contributed by atoms with Crippen LogP contribution in [-0.4, -0.2) is 31.6 Å². The van der Waals surface area contributed by atoms with Gasteiger partial charge in [0, 0.05) is 34.6 Å². The molecule has 9 nitrogen and oxygen atoms in total. The van der Waals surface area contributed by atoms with Crippen molar-refractivity contribution in [3.05, 3.63) is 82.8 Å². The quantitative estimate of drug-likeness (QED) is 0.222. The number of rotatable bonds is 7. The van der Waals surface area contributed by atoms with Crippen molar-refractivity contribution in [1.82, 2.24) is 19.7 Å². The Morgan fingerprint density at radius 2 is 1.93 bits per heavy atom. The average molecular weight is 573 g/mol. The number of amides is 2. The first-order valence-electron chi connectivity index (χ1n) is 12.6. The number of primary amides is 1. The van der Waals surface area contributed by atoms with Gasteiger partial charge in [-0.3, -0.25) is 14.3 Å². The minimum atomic E-state index is -2.87. The Morgan fingerprint density at radius 1 is 1.12 bits per heavy atom. The molecule has 5 heterocycles. The molecule has 0 bridgehead atoms. The summed E-state index contributed by atoms with van der Waals surface area (Å²) in [5, 5.41) is 8.19. The molecule has 0 saturated carbocycles. The fourth-order valence-electron chi connectivity index (χ4n) is 4.76. The molecular weight excluding hydrogens is 550 g/mol. The van der Waals surface area contributed by atoms with Gasteiger partial charge in [-0.05, 0) is 44.2 Å². The second-order valence-corrected chi connectivity index (χ2v) is 10.2. The zero-order valence-corrected chi connectivity index (χ0v) is 22.6. The highest BCUT2D eigenvalue weighted by molar-refractivity contribution is 7.21. The first-order chi connectivity index (χ1) is 19.7. The van der Waals surface area contributed by atoms with Crippen molar-refractivity contribution in [2.75, 3.05) is 5.32 Å². The summed E-state index contributed by atoms with van der Waals surface area (Å²) in [6.45, 7) is 4.51. The summed E-state index contributed by atoms with van der Waals surface area (Å²) in [7, 11) is 0. The van der Waals surface area contributed by atoms with Gasteiger partial charge in [0.15, 0.2) is 0 Å². The molecule has 5 aromatic heterocycles. The number of anilines is 1. The highest BCUT2D eigenvalue weighted by Gasteiger charge is 2.27. The molecule has 206 valence electrons. The van der Waals surface area contributed by atoms with E-state index in [1.165, 1.54) is 12.3 Å². The lowest BCUT2D eigenvalue weighted by molar-refractivity contribution is 0.100. The van der Waals surface area contributed by atoms with Crippen molar-refractivity contribution >= 4 is 50.0 Å². The van der Waals surface area contributed by atoms with Gasteiger partial charge in [-0.25, -0.2) is 18.7 Å². The molecule has 1 aromatic carbocycles. The van der Waals surface area contributed by atoms with Crippen molar-refractivity contribution < 1.29 is 22.8 Å². The number of para-hydroxylation sites is 1. The maximum atomic E-state index is 14.0. The van der Waals surface area contributed by atoms with E-state index in [9.17, 15) is 18.4 Å². The predicted octanol–water partition coefficient (Wildman–Crippen LogP) is 6.59. The maximum absolute atomic E-state index is 14.0. The van der Waals surface area contributed by atoms with E-state index in [1.54, 1.807) is 41.1 Å². The lowest BCUT2D eigenvalue weighted by atomic mass is 10.0. The number of halogens is 2. The first kappa shape index (κ1) is 26.3. The summed E-state index contributed by atoms with van der Waals surface area (Å²) in [5.41, 5.74) is 8.46. The molecule has 6 aromatic rings. The summed E-state index contributed by atoms with van der Waals surface area (Å²) in [5.74, 6) is -1.12. The molecule has 0 atom stereocenters. The molecule has 0 spiro atoms. The highest BCUT2D eigenvalue weighted by Crippen LogP contribution is 2.43. The van der Waals surface area contributed by atoms with Gasteiger partial charge in [-0.2, -0.15) is 5.10 Å². The van der Waals surface area contributed by atoms with Crippen LogP contribution < -0.4 is 11.1 Å². The summed E-state index contributed by atoms with van der Waals surface area (Å²) in [6.07, 6.45) is 0.400. The van der Waals surface area contributed by atoms with E-state index in [0.29, 0.717) is 28.7 Å². The molecule has 0 unspecified atom stereocenters. The second kappa shape index (κ2) is 10.2. The van der Waals surface area contributed by atoms with E-state index in [-0.39, 0.29) is 32.1 Å². The van der Waals surface area contributed by atoms with Crippen LogP contribution in [0.15, 0.2) is 65.4 Å². The van der Waals surface area contributed by atoms with Gasteiger partial charge in [0.2, 0.25) is 0 Å². The Balaban J connectivity index is 1.54. The Kier molecular flexibility index (Phi) is 6.54. The van der Waals surface area contributed by atoms with Crippen LogP contribution in [0.5, 0.6) is 0 Å². The number of alkyl halides is 2. The third-order valence-electron chi connectivity index (χ3n) is 6.66. The maximum Gasteiger partial charge on any atom is 0.280 e. The van der Waals surface area contributed by atoms with Crippen molar-refractivity contribution in [1.29, 1.82) is 0 Å². The van der Waals surface area contributed by atoms with Gasteiger partial charge in [0.05, 0.1) is 34.4 Å². The van der Waals surface area contributed by atoms with E-state index >= 15 is 0 Å². The molecule has 3 N–H and O–H groups in total. The van der Waals surface area contributed by atoms with Gasteiger partial charge in [-0.1, -0.05) is 18.2 Å². The number of nitrogens with one attached hydrogen (secondary N) is 1. The number of hydrogen-bond acceptors (Lipinski definition) is 7. The van der Waals surface area contributed by atoms with Gasteiger partial charge < -0.3 is 15.5 Å². The van der Waals surface area contributed by atoms with Gasteiger partial charge >= 0.3 is 0 Å². The number of thiophene rings is 1. The number of nitrogens with zero attached hydrogens (tertiary/aromatic N) is 4. The van der Waals surface area contributed by atoms with Gasteiger partial charge in [0.1, 0.15) is 21.2 Å². The molecule has 41 heavy (non-hydrogen) atoms. The molecule has 0 aliphatic heterocycles. The zero-order valence-electron chi connectivity index (χ0n) is 21.8. The van der Waals surface area contributed by atoms with Crippen molar-refractivity contribution in [2.24, 2.45) is 5.73 Å². The zero-order chi connectivity index (χ0) is 28.8. The third-order valence-corrected chi connectivity index (χ3v) is 7.76. The van der Waals surface area contributed by atoms with Crippen LogP contribution in [-0.2, 0) is 6.54 Å². The molecule has 0 radical (unpaired) electrons. The van der Waals surface area contributed by atoms with Crippen LogP contribution in [0.1, 0.15) is 44.8 Å². The van der Waals surface area contributed by atoms with E-state index in [4.69, 9.17) is 15.1 Å². The number of aromatic nitrogens is 4. The fourth-order valence-corrected chi connectivity index (χ4v) is 5.78. The number of carbonyl (C=O) groups excluding carboxylic acids is 2. The molecular formula is C29H22F2N6O3S. The summed E-state index contributed by atoms with van der Waals surface area (Å²) in [4.78, 5) is 35.4. The number of benzene rings is 1. The Hall–Kier alpha value is -4.97. The number of fused-ring (bicyclic) bond motifs is 2. The van der Waals surface area contributed by atoms with Crippen LogP contribution in [0.4, 0.5) is 14.5 Å². The number of carbonyl (C=O) groups is 2. The molecule has 0 aliphatic carbocycles. The summed E-state index contributed by atoms with van der Waals surface area (Å²) >= 11 is 0.824. The summed E-state index contributed by atoms with van der Waals surface area (Å²) in [6, 6.07) is 13.2. The predicted molar refractivity (Wildman–Crippen MR) is 152 cm³/mol. The molecule has 12 heteroatoms. The van der Waals surface area contributed by atoms with Gasteiger partial charge in [-0.15, -0.1) is 11.3 Å². The smallest absolute Gasteiger partial charge is 0.280 e. The lowest BCUT2D eigenvalue weighted by Gasteiger charge is -2.12. The molecule has 0 fully saturated rings. The van der Waals surface area contributed by atoms with E-state index in [2.05, 4.69) is 15.4 Å². The largest absolute Gasteiger partial charge is 0.464 e. The average Bonchev–Trinajstić information content (AvgIpc) is 3.71.